The fraction of sp³-hybridized carbons (Fsp3) is 0.611. The molecule has 0 amide bonds. The van der Waals surface area contributed by atoms with Gasteiger partial charge in [0.15, 0.2) is 0 Å². The Bertz CT molecular complexity index is 652. The molecular formula is C18H25N3O5. The van der Waals surface area contributed by atoms with Crippen molar-refractivity contribution in [3.05, 3.63) is 28.3 Å². The standard InChI is InChI=1S/C18H25N3O5/c1-2-26-18(22)14-5-7-20(8-6-14)17-13-15(3-4-16(17)21(23)24)19-9-11-25-12-10-19/h3-4,13-14H,2,5-12H2,1H3. The van der Waals surface area contributed by atoms with Crippen LogP contribution in [-0.4, -0.2) is 56.9 Å². The number of nitro groups is 1. The summed E-state index contributed by atoms with van der Waals surface area (Å²) in [5.74, 6) is -0.281. The van der Waals surface area contributed by atoms with E-state index in [-0.39, 0.29) is 22.5 Å². The van der Waals surface area contributed by atoms with E-state index in [0.717, 1.165) is 18.8 Å². The molecule has 142 valence electrons. The summed E-state index contributed by atoms with van der Waals surface area (Å²) >= 11 is 0. The molecule has 2 aliphatic heterocycles. The van der Waals surface area contributed by atoms with Crippen LogP contribution in [0, 0.1) is 16.0 Å². The zero-order chi connectivity index (χ0) is 18.5. The first-order chi connectivity index (χ1) is 12.6. The fourth-order valence-corrected chi connectivity index (χ4v) is 3.55. The van der Waals surface area contributed by atoms with Crippen LogP contribution in [0.1, 0.15) is 19.8 Å². The Morgan fingerprint density at radius 1 is 1.23 bits per heavy atom. The summed E-state index contributed by atoms with van der Waals surface area (Å²) in [6.07, 6.45) is 1.30. The number of rotatable bonds is 5. The van der Waals surface area contributed by atoms with Crippen molar-refractivity contribution >= 4 is 23.0 Å². The van der Waals surface area contributed by atoms with Crippen molar-refractivity contribution in [2.75, 3.05) is 55.8 Å². The van der Waals surface area contributed by atoms with Crippen LogP contribution in [-0.2, 0) is 14.3 Å². The lowest BCUT2D eigenvalue weighted by Gasteiger charge is -2.34. The van der Waals surface area contributed by atoms with Crippen molar-refractivity contribution < 1.29 is 19.2 Å². The van der Waals surface area contributed by atoms with Gasteiger partial charge in [-0.3, -0.25) is 14.9 Å². The van der Waals surface area contributed by atoms with E-state index in [1.165, 1.54) is 0 Å². The van der Waals surface area contributed by atoms with Crippen LogP contribution < -0.4 is 9.80 Å². The Morgan fingerprint density at radius 2 is 1.92 bits per heavy atom. The van der Waals surface area contributed by atoms with E-state index < -0.39 is 0 Å². The van der Waals surface area contributed by atoms with Crippen molar-refractivity contribution in [3.8, 4) is 0 Å². The molecule has 0 aromatic heterocycles. The lowest BCUT2D eigenvalue weighted by atomic mass is 9.96. The highest BCUT2D eigenvalue weighted by Crippen LogP contribution is 2.35. The topological polar surface area (TPSA) is 85.2 Å². The van der Waals surface area contributed by atoms with Gasteiger partial charge in [0, 0.05) is 37.9 Å². The molecule has 26 heavy (non-hydrogen) atoms. The van der Waals surface area contributed by atoms with Crippen molar-refractivity contribution in [1.29, 1.82) is 0 Å². The van der Waals surface area contributed by atoms with E-state index in [9.17, 15) is 14.9 Å². The molecule has 0 saturated carbocycles. The molecule has 0 radical (unpaired) electrons. The van der Waals surface area contributed by atoms with Gasteiger partial charge in [-0.2, -0.15) is 0 Å². The van der Waals surface area contributed by atoms with Crippen molar-refractivity contribution in [3.63, 3.8) is 0 Å². The summed E-state index contributed by atoms with van der Waals surface area (Å²) in [4.78, 5) is 27.2. The number of ether oxygens (including phenoxy) is 2. The highest BCUT2D eigenvalue weighted by Gasteiger charge is 2.29. The molecular weight excluding hydrogens is 338 g/mol. The van der Waals surface area contributed by atoms with Gasteiger partial charge in [-0.05, 0) is 31.9 Å². The Hall–Kier alpha value is -2.35. The number of benzene rings is 1. The number of esters is 1. The normalized spacial score (nSPS) is 18.7. The van der Waals surface area contributed by atoms with Gasteiger partial charge in [0.25, 0.3) is 5.69 Å². The Morgan fingerprint density at radius 3 is 2.54 bits per heavy atom. The van der Waals surface area contributed by atoms with Gasteiger partial charge < -0.3 is 19.3 Å². The maximum absolute atomic E-state index is 11.9. The van der Waals surface area contributed by atoms with E-state index in [2.05, 4.69) is 4.90 Å². The van der Waals surface area contributed by atoms with E-state index in [0.29, 0.717) is 51.4 Å². The number of anilines is 2. The number of piperidine rings is 1. The summed E-state index contributed by atoms with van der Waals surface area (Å²) < 4.78 is 10.5. The summed E-state index contributed by atoms with van der Waals surface area (Å²) in [5.41, 5.74) is 1.71. The van der Waals surface area contributed by atoms with Crippen LogP contribution in [0.4, 0.5) is 17.1 Å². The number of carbonyl (C=O) groups is 1. The third kappa shape index (κ3) is 4.07. The van der Waals surface area contributed by atoms with E-state index in [1.807, 2.05) is 11.0 Å². The largest absolute Gasteiger partial charge is 0.466 e. The maximum atomic E-state index is 11.9. The molecule has 1 aromatic carbocycles. The third-order valence-electron chi connectivity index (χ3n) is 4.99. The van der Waals surface area contributed by atoms with E-state index >= 15 is 0 Å². The number of nitrogens with zero attached hydrogens (tertiary/aromatic N) is 3. The number of carbonyl (C=O) groups excluding carboxylic acids is 1. The number of hydrogen-bond acceptors (Lipinski definition) is 7. The quantitative estimate of drug-likeness (QED) is 0.450. The van der Waals surface area contributed by atoms with Crippen LogP contribution in [0.5, 0.6) is 0 Å². The molecule has 1 aromatic rings. The molecule has 0 atom stereocenters. The Labute approximate surface area is 152 Å². The van der Waals surface area contributed by atoms with Crippen molar-refractivity contribution in [1.82, 2.24) is 0 Å². The average molecular weight is 363 g/mol. The molecule has 2 heterocycles. The van der Waals surface area contributed by atoms with Crippen molar-refractivity contribution in [2.24, 2.45) is 5.92 Å². The summed E-state index contributed by atoms with van der Waals surface area (Å²) in [6, 6.07) is 5.28. The zero-order valence-electron chi connectivity index (χ0n) is 15.1. The monoisotopic (exact) mass is 363 g/mol. The third-order valence-corrected chi connectivity index (χ3v) is 4.99. The van der Waals surface area contributed by atoms with Gasteiger partial charge in [-0.25, -0.2) is 0 Å². The minimum Gasteiger partial charge on any atom is -0.466 e. The molecule has 0 N–H and O–H groups in total. The summed E-state index contributed by atoms with van der Waals surface area (Å²) in [5, 5.41) is 11.5. The van der Waals surface area contributed by atoms with Crippen LogP contribution in [0.3, 0.4) is 0 Å². The minimum absolute atomic E-state index is 0.108. The van der Waals surface area contributed by atoms with Crippen LogP contribution in [0.15, 0.2) is 18.2 Å². The van der Waals surface area contributed by atoms with Gasteiger partial charge in [-0.15, -0.1) is 0 Å². The molecule has 0 bridgehead atoms. The number of morpholine rings is 1. The fourth-order valence-electron chi connectivity index (χ4n) is 3.55. The maximum Gasteiger partial charge on any atom is 0.309 e. The first-order valence-corrected chi connectivity index (χ1v) is 9.13. The minimum atomic E-state index is -0.337. The lowest BCUT2D eigenvalue weighted by Crippen LogP contribution is -2.38. The molecule has 8 heteroatoms. The van der Waals surface area contributed by atoms with Crippen LogP contribution in [0.2, 0.25) is 0 Å². The van der Waals surface area contributed by atoms with Crippen LogP contribution in [0.25, 0.3) is 0 Å². The van der Waals surface area contributed by atoms with Gasteiger partial charge in [0.2, 0.25) is 0 Å². The molecule has 8 nitrogen and oxygen atoms in total. The lowest BCUT2D eigenvalue weighted by molar-refractivity contribution is -0.384. The zero-order valence-corrected chi connectivity index (χ0v) is 15.1. The molecule has 2 fully saturated rings. The molecule has 2 saturated heterocycles. The number of nitro benzene ring substituents is 1. The summed E-state index contributed by atoms with van der Waals surface area (Å²) in [6.45, 7) is 6.28. The molecule has 0 unspecified atom stereocenters. The number of hydrogen-bond donors (Lipinski definition) is 0. The van der Waals surface area contributed by atoms with Gasteiger partial charge in [0.1, 0.15) is 5.69 Å². The molecule has 3 rings (SSSR count). The second kappa shape index (κ2) is 8.35. The SMILES string of the molecule is CCOC(=O)C1CCN(c2cc(N3CCOCC3)ccc2[N+](=O)[O-])CC1. The van der Waals surface area contributed by atoms with Crippen molar-refractivity contribution in [2.45, 2.75) is 19.8 Å². The Kier molecular flexibility index (Phi) is 5.92. The van der Waals surface area contributed by atoms with E-state index in [4.69, 9.17) is 9.47 Å². The van der Waals surface area contributed by atoms with Gasteiger partial charge in [0.05, 0.1) is 30.7 Å². The van der Waals surface area contributed by atoms with E-state index in [1.54, 1.807) is 19.1 Å². The predicted molar refractivity (Wildman–Crippen MR) is 97.7 cm³/mol. The molecule has 2 aliphatic rings. The predicted octanol–water partition coefficient (Wildman–Crippen LogP) is 2.21. The molecule has 0 aliphatic carbocycles. The smallest absolute Gasteiger partial charge is 0.309 e. The first kappa shape index (κ1) is 18.4. The highest BCUT2D eigenvalue weighted by atomic mass is 16.6. The van der Waals surface area contributed by atoms with Crippen LogP contribution >= 0.6 is 0 Å². The second-order valence-electron chi connectivity index (χ2n) is 6.54. The summed E-state index contributed by atoms with van der Waals surface area (Å²) in [7, 11) is 0. The van der Waals surface area contributed by atoms with Gasteiger partial charge >= 0.3 is 5.97 Å². The van der Waals surface area contributed by atoms with Gasteiger partial charge in [-0.1, -0.05) is 0 Å². The average Bonchev–Trinajstić information content (AvgIpc) is 2.68. The molecule has 0 spiro atoms. The first-order valence-electron chi connectivity index (χ1n) is 9.13. The Balaban J connectivity index is 1.77. The highest BCUT2D eigenvalue weighted by molar-refractivity contribution is 5.74. The second-order valence-corrected chi connectivity index (χ2v) is 6.54.